The normalized spacial score (nSPS) is 9.40. The average Bonchev–Trinajstić information content (AvgIpc) is 2.75. The van der Waals surface area contributed by atoms with Crippen molar-refractivity contribution >= 4 is 12.6 Å². The van der Waals surface area contributed by atoms with Crippen LogP contribution in [0.15, 0.2) is 24.3 Å². The fraction of sp³-hybridized carbons (Fsp3) is 0.308. The molecule has 0 radical (unpaired) electrons. The minimum absolute atomic E-state index is 0.0580. The molecule has 0 saturated carbocycles. The van der Waals surface area contributed by atoms with Crippen LogP contribution in [0.1, 0.15) is 96.3 Å². The van der Waals surface area contributed by atoms with Crippen molar-refractivity contribution in [1.29, 1.82) is 0 Å². The van der Waals surface area contributed by atoms with Gasteiger partial charge in [0.15, 0.2) is 12.6 Å². The Morgan fingerprint density at radius 2 is 1.33 bits per heavy atom. The van der Waals surface area contributed by atoms with Gasteiger partial charge >= 0.3 is 0 Å². The van der Waals surface area contributed by atoms with E-state index < -0.39 is 0 Å². The maximum absolute atomic E-state index is 10.6. The lowest BCUT2D eigenvalue weighted by Crippen LogP contribution is -1.95. The summed E-state index contributed by atoms with van der Waals surface area (Å²) in [7, 11) is 0. The minimum atomic E-state index is -0.105. The Labute approximate surface area is 180 Å². The molecular formula is C26H30O4. The van der Waals surface area contributed by atoms with E-state index in [1.54, 1.807) is 18.2 Å². The molecule has 0 bridgehead atoms. The zero-order chi connectivity index (χ0) is 23.4. The molecule has 30 heavy (non-hydrogen) atoms. The summed E-state index contributed by atoms with van der Waals surface area (Å²) in [6.07, 6.45) is 11.8. The van der Waals surface area contributed by atoms with Crippen LogP contribution in [0.4, 0.5) is 0 Å². The summed E-state index contributed by atoms with van der Waals surface area (Å²) in [5, 5.41) is 18.9. The maximum atomic E-state index is 10.6. The van der Waals surface area contributed by atoms with Gasteiger partial charge in [0.2, 0.25) is 0 Å². The van der Waals surface area contributed by atoms with Crippen LogP contribution in [0.25, 0.3) is 0 Å². The number of benzene rings is 2. The number of carbonyl (C=O) groups excluding carboxylic acids is 2. The maximum Gasteiger partial charge on any atom is 0.153 e. The highest BCUT2D eigenvalue weighted by Gasteiger charge is 2.10. The van der Waals surface area contributed by atoms with Gasteiger partial charge in [-0.25, -0.2) is 0 Å². The highest BCUT2D eigenvalue weighted by molar-refractivity contribution is 5.81. The van der Waals surface area contributed by atoms with Crippen molar-refractivity contribution in [3.05, 3.63) is 57.6 Å². The van der Waals surface area contributed by atoms with E-state index in [9.17, 15) is 19.8 Å². The fourth-order valence-electron chi connectivity index (χ4n) is 2.53. The summed E-state index contributed by atoms with van der Waals surface area (Å²) < 4.78 is 0. The standard InChI is InChI=1S/2C12H12O2.C2H6/c1-4-9-6-12(14)10(7-13)5-11(9)8(2)3;1-4-9-5-10(8(2)3)6-11(7-13)12(9)14;1-2/h2*1,5-8,14H,2-3H3;1-2H3. The molecule has 2 rings (SSSR count). The van der Waals surface area contributed by atoms with Crippen molar-refractivity contribution in [2.75, 3.05) is 0 Å². The molecule has 0 unspecified atom stereocenters. The van der Waals surface area contributed by atoms with Gasteiger partial charge in [-0.05, 0) is 47.2 Å². The number of phenolic OH excluding ortho intramolecular Hbond substituents is 2. The molecule has 0 aliphatic rings. The van der Waals surface area contributed by atoms with Gasteiger partial charge in [0, 0.05) is 5.56 Å². The number of carbonyl (C=O) groups is 2. The third-order valence-corrected chi connectivity index (χ3v) is 4.21. The topological polar surface area (TPSA) is 74.6 Å². The van der Waals surface area contributed by atoms with E-state index in [0.29, 0.717) is 23.7 Å². The second-order valence-corrected chi connectivity index (χ2v) is 6.84. The summed E-state index contributed by atoms with van der Waals surface area (Å²) in [6, 6.07) is 6.49. The predicted octanol–water partition coefficient (Wildman–Crippen LogP) is 5.65. The van der Waals surface area contributed by atoms with Crippen molar-refractivity contribution in [2.24, 2.45) is 0 Å². The Morgan fingerprint density at radius 3 is 1.73 bits per heavy atom. The van der Waals surface area contributed by atoms with Crippen molar-refractivity contribution in [3.8, 4) is 36.2 Å². The molecule has 4 heteroatoms. The summed E-state index contributed by atoms with van der Waals surface area (Å²) in [5.74, 6) is 5.20. The number of aromatic hydroxyl groups is 2. The molecule has 2 N–H and O–H groups in total. The number of terminal acetylenes is 2. The van der Waals surface area contributed by atoms with Gasteiger partial charge in [0.1, 0.15) is 11.5 Å². The number of hydrogen-bond donors (Lipinski definition) is 2. The third kappa shape index (κ3) is 6.83. The van der Waals surface area contributed by atoms with Gasteiger partial charge in [-0.2, -0.15) is 0 Å². The molecule has 0 atom stereocenters. The second kappa shape index (κ2) is 12.9. The Bertz CT molecular complexity index is 954. The van der Waals surface area contributed by atoms with E-state index in [-0.39, 0.29) is 34.5 Å². The molecule has 0 aliphatic carbocycles. The monoisotopic (exact) mass is 406 g/mol. The highest BCUT2D eigenvalue weighted by Crippen LogP contribution is 2.27. The number of hydrogen-bond acceptors (Lipinski definition) is 4. The van der Waals surface area contributed by atoms with E-state index in [4.69, 9.17) is 12.8 Å². The van der Waals surface area contributed by atoms with Gasteiger partial charge in [-0.15, -0.1) is 12.8 Å². The summed E-state index contributed by atoms with van der Waals surface area (Å²) in [4.78, 5) is 21.2. The van der Waals surface area contributed by atoms with Crippen LogP contribution >= 0.6 is 0 Å². The van der Waals surface area contributed by atoms with E-state index >= 15 is 0 Å². The zero-order valence-corrected chi connectivity index (χ0v) is 18.5. The molecule has 0 aliphatic heterocycles. The van der Waals surface area contributed by atoms with Gasteiger partial charge < -0.3 is 10.2 Å². The Hall–Kier alpha value is -3.50. The fourth-order valence-corrected chi connectivity index (χ4v) is 2.53. The first-order valence-corrected chi connectivity index (χ1v) is 9.77. The van der Waals surface area contributed by atoms with Crippen LogP contribution in [0.2, 0.25) is 0 Å². The van der Waals surface area contributed by atoms with Crippen molar-refractivity contribution < 1.29 is 19.8 Å². The molecule has 0 amide bonds. The summed E-state index contributed by atoms with van der Waals surface area (Å²) in [6.45, 7) is 12.0. The molecule has 0 saturated heterocycles. The van der Waals surface area contributed by atoms with Crippen molar-refractivity contribution in [2.45, 2.75) is 53.4 Å². The molecule has 158 valence electrons. The lowest BCUT2D eigenvalue weighted by Gasteiger charge is -2.10. The molecule has 0 fully saturated rings. The summed E-state index contributed by atoms with van der Waals surface area (Å²) >= 11 is 0. The largest absolute Gasteiger partial charge is 0.507 e. The molecule has 2 aromatic rings. The number of aldehydes is 2. The number of rotatable bonds is 4. The van der Waals surface area contributed by atoms with Crippen LogP contribution in [0, 0.1) is 24.7 Å². The van der Waals surface area contributed by atoms with E-state index in [2.05, 4.69) is 11.8 Å². The first-order valence-electron chi connectivity index (χ1n) is 9.77. The molecule has 2 aromatic carbocycles. The molecule has 0 aromatic heterocycles. The van der Waals surface area contributed by atoms with Crippen LogP contribution in [-0.4, -0.2) is 22.8 Å². The average molecular weight is 407 g/mol. The SMILES string of the molecule is C#Cc1cc(C(C)C)cc(C=O)c1O.C#Cc1cc(O)c(C=O)cc1C(C)C.CC. The molecule has 0 heterocycles. The minimum Gasteiger partial charge on any atom is -0.507 e. The van der Waals surface area contributed by atoms with E-state index in [1.807, 2.05) is 41.5 Å². The molecule has 4 nitrogen and oxygen atoms in total. The van der Waals surface area contributed by atoms with Crippen LogP contribution in [0.3, 0.4) is 0 Å². The van der Waals surface area contributed by atoms with Crippen LogP contribution < -0.4 is 0 Å². The second-order valence-electron chi connectivity index (χ2n) is 6.84. The molecular weight excluding hydrogens is 376 g/mol. The zero-order valence-electron chi connectivity index (χ0n) is 18.5. The Morgan fingerprint density at radius 1 is 0.800 bits per heavy atom. The predicted molar refractivity (Wildman–Crippen MR) is 122 cm³/mol. The van der Waals surface area contributed by atoms with Crippen molar-refractivity contribution in [3.63, 3.8) is 0 Å². The highest BCUT2D eigenvalue weighted by atomic mass is 16.3. The lowest BCUT2D eigenvalue weighted by atomic mass is 9.95. The van der Waals surface area contributed by atoms with Gasteiger partial charge in [0.05, 0.1) is 16.7 Å². The van der Waals surface area contributed by atoms with Gasteiger partial charge in [0.25, 0.3) is 0 Å². The molecule has 0 spiro atoms. The third-order valence-electron chi connectivity index (χ3n) is 4.21. The Kier molecular flexibility index (Phi) is 11.4. The summed E-state index contributed by atoms with van der Waals surface area (Å²) in [5.41, 5.74) is 3.42. The van der Waals surface area contributed by atoms with Gasteiger partial charge in [-0.1, -0.05) is 53.4 Å². The van der Waals surface area contributed by atoms with E-state index in [1.165, 1.54) is 6.07 Å². The lowest BCUT2D eigenvalue weighted by molar-refractivity contribution is 0.111. The van der Waals surface area contributed by atoms with Crippen molar-refractivity contribution in [1.82, 2.24) is 0 Å². The smallest absolute Gasteiger partial charge is 0.153 e. The van der Waals surface area contributed by atoms with Crippen LogP contribution in [-0.2, 0) is 0 Å². The van der Waals surface area contributed by atoms with Crippen LogP contribution in [0.5, 0.6) is 11.5 Å². The first kappa shape index (κ1) is 26.5. The first-order chi connectivity index (χ1) is 14.2. The van der Waals surface area contributed by atoms with Gasteiger partial charge in [-0.3, -0.25) is 9.59 Å². The number of phenols is 2. The van der Waals surface area contributed by atoms with E-state index in [0.717, 1.165) is 11.1 Å². The quantitative estimate of drug-likeness (QED) is 0.509. The Balaban J connectivity index is 0.000000518.